The third-order valence-corrected chi connectivity index (χ3v) is 5.29. The van der Waals surface area contributed by atoms with Gasteiger partial charge >= 0.3 is 0 Å². The number of thiol groups is 1. The molecule has 0 aliphatic carbocycles. The Hall–Kier alpha value is -0.310. The molecule has 0 bridgehead atoms. The number of rotatable bonds is 3. The van der Waals surface area contributed by atoms with Crippen LogP contribution in [0.3, 0.4) is 0 Å². The van der Waals surface area contributed by atoms with Gasteiger partial charge in [0.1, 0.15) is 6.04 Å². The Kier molecular flexibility index (Phi) is 3.17. The summed E-state index contributed by atoms with van der Waals surface area (Å²) in [5.74, 6) is -0.566. The molecule has 2 fully saturated rings. The van der Waals surface area contributed by atoms with E-state index in [-0.39, 0.29) is 5.25 Å². The molecular weight excluding hydrogens is 250 g/mol. The minimum Gasteiger partial charge on any atom is -0.368 e. The molecule has 0 saturated carbocycles. The molecule has 2 aliphatic rings. The van der Waals surface area contributed by atoms with Crippen LogP contribution in [-0.2, 0) is 15.0 Å². The summed E-state index contributed by atoms with van der Waals surface area (Å²) in [7, 11) is -3.51. The van der Waals surface area contributed by atoms with Crippen LogP contribution in [-0.4, -0.2) is 53.9 Å². The summed E-state index contributed by atoms with van der Waals surface area (Å²) in [5, 5.41) is 0.101. The van der Waals surface area contributed by atoms with E-state index in [0.29, 0.717) is 32.5 Å². The normalized spacial score (nSPS) is 29.2. The molecule has 0 spiro atoms. The van der Waals surface area contributed by atoms with E-state index in [1.165, 1.54) is 8.61 Å². The van der Waals surface area contributed by atoms with Gasteiger partial charge in [0.2, 0.25) is 5.91 Å². The molecule has 6 nitrogen and oxygen atoms in total. The first-order chi connectivity index (χ1) is 7.43. The lowest BCUT2D eigenvalue weighted by Crippen LogP contribution is -2.58. The predicted molar refractivity (Wildman–Crippen MR) is 62.2 cm³/mol. The van der Waals surface area contributed by atoms with Crippen molar-refractivity contribution in [1.29, 1.82) is 0 Å². The van der Waals surface area contributed by atoms with Crippen molar-refractivity contribution < 1.29 is 13.2 Å². The van der Waals surface area contributed by atoms with Gasteiger partial charge in [-0.2, -0.15) is 29.7 Å². The lowest BCUT2D eigenvalue weighted by Gasteiger charge is -2.38. The molecular formula is C8H15N3O3S2. The van der Waals surface area contributed by atoms with Crippen LogP contribution in [0.2, 0.25) is 0 Å². The maximum atomic E-state index is 12.1. The lowest BCUT2D eigenvalue weighted by molar-refractivity contribution is -0.121. The van der Waals surface area contributed by atoms with Crippen LogP contribution < -0.4 is 5.73 Å². The highest BCUT2D eigenvalue weighted by Gasteiger charge is 2.44. The summed E-state index contributed by atoms with van der Waals surface area (Å²) in [6, 6.07) is -0.677. The second-order valence-corrected chi connectivity index (χ2v) is 6.76. The Morgan fingerprint density at radius 2 is 2.00 bits per heavy atom. The van der Waals surface area contributed by atoms with Crippen molar-refractivity contribution in [1.82, 2.24) is 8.61 Å². The smallest absolute Gasteiger partial charge is 0.282 e. The van der Waals surface area contributed by atoms with Gasteiger partial charge in [-0.25, -0.2) is 0 Å². The van der Waals surface area contributed by atoms with Gasteiger partial charge in [-0.15, -0.1) is 0 Å². The largest absolute Gasteiger partial charge is 0.368 e. The highest BCUT2D eigenvalue weighted by atomic mass is 32.2. The highest BCUT2D eigenvalue weighted by molar-refractivity contribution is 7.87. The molecule has 0 aromatic carbocycles. The van der Waals surface area contributed by atoms with Crippen LogP contribution in [0, 0.1) is 0 Å². The molecule has 2 rings (SSSR count). The van der Waals surface area contributed by atoms with Gasteiger partial charge in [-0.3, -0.25) is 4.79 Å². The van der Waals surface area contributed by atoms with Gasteiger partial charge in [0.25, 0.3) is 10.2 Å². The van der Waals surface area contributed by atoms with Gasteiger partial charge in [-0.1, -0.05) is 0 Å². The molecule has 0 aromatic rings. The fourth-order valence-corrected chi connectivity index (χ4v) is 4.59. The zero-order valence-electron chi connectivity index (χ0n) is 8.74. The Balaban J connectivity index is 2.14. The first-order valence-corrected chi connectivity index (χ1v) is 7.08. The zero-order valence-corrected chi connectivity index (χ0v) is 10.5. The number of hydrogen-bond acceptors (Lipinski definition) is 4. The van der Waals surface area contributed by atoms with Gasteiger partial charge in [0.15, 0.2) is 0 Å². The van der Waals surface area contributed by atoms with Crippen LogP contribution in [0.25, 0.3) is 0 Å². The average Bonchev–Trinajstić information content (AvgIpc) is 2.61. The fraction of sp³-hybridized carbons (Fsp3) is 0.875. The number of carbonyl (C=O) groups is 1. The van der Waals surface area contributed by atoms with E-state index in [1.807, 2.05) is 0 Å². The Labute approximate surface area is 100 Å². The van der Waals surface area contributed by atoms with E-state index >= 15 is 0 Å². The highest BCUT2D eigenvalue weighted by Crippen LogP contribution is 2.27. The van der Waals surface area contributed by atoms with Crippen molar-refractivity contribution in [3.63, 3.8) is 0 Å². The molecule has 92 valence electrons. The van der Waals surface area contributed by atoms with E-state index < -0.39 is 22.2 Å². The molecule has 2 heterocycles. The molecule has 8 heteroatoms. The summed E-state index contributed by atoms with van der Waals surface area (Å²) in [4.78, 5) is 11.1. The topological polar surface area (TPSA) is 83.7 Å². The first-order valence-electron chi connectivity index (χ1n) is 5.17. The SMILES string of the molecule is NC(=O)C1CCCN1S(=O)(=O)N1CC(S)C1. The standard InChI is InChI=1S/C8H15N3O3S2/c9-8(12)7-2-1-3-11(7)16(13,14)10-4-6(15)5-10/h6-7,15H,1-5H2,(H2,9,12). The quantitative estimate of drug-likeness (QED) is 0.628. The minimum atomic E-state index is -3.51. The number of nitrogens with zero attached hydrogens (tertiary/aromatic N) is 2. The number of amides is 1. The lowest BCUT2D eigenvalue weighted by atomic mass is 10.2. The Bertz CT molecular complexity index is 391. The average molecular weight is 265 g/mol. The van der Waals surface area contributed by atoms with E-state index in [1.54, 1.807) is 0 Å². The van der Waals surface area contributed by atoms with E-state index in [2.05, 4.69) is 12.6 Å². The molecule has 1 amide bonds. The monoisotopic (exact) mass is 265 g/mol. The van der Waals surface area contributed by atoms with E-state index in [9.17, 15) is 13.2 Å². The number of nitrogens with two attached hydrogens (primary N) is 1. The summed E-state index contributed by atoms with van der Waals surface area (Å²) < 4.78 is 26.7. The molecule has 2 N–H and O–H groups in total. The summed E-state index contributed by atoms with van der Waals surface area (Å²) in [6.07, 6.45) is 1.21. The van der Waals surface area contributed by atoms with Crippen molar-refractivity contribution in [2.75, 3.05) is 19.6 Å². The maximum Gasteiger partial charge on any atom is 0.282 e. The van der Waals surface area contributed by atoms with E-state index in [4.69, 9.17) is 5.73 Å². The molecule has 2 saturated heterocycles. The van der Waals surface area contributed by atoms with Gasteiger partial charge in [0.05, 0.1) is 0 Å². The van der Waals surface area contributed by atoms with Crippen LogP contribution in [0.4, 0.5) is 0 Å². The summed E-state index contributed by atoms with van der Waals surface area (Å²) in [6.45, 7) is 1.20. The molecule has 0 aromatic heterocycles. The van der Waals surface area contributed by atoms with Crippen LogP contribution in [0.1, 0.15) is 12.8 Å². The van der Waals surface area contributed by atoms with Crippen LogP contribution >= 0.6 is 12.6 Å². The molecule has 0 radical (unpaired) electrons. The summed E-state index contributed by atoms with van der Waals surface area (Å²) >= 11 is 4.17. The predicted octanol–water partition coefficient (Wildman–Crippen LogP) is -1.21. The Morgan fingerprint density at radius 3 is 2.50 bits per heavy atom. The van der Waals surface area contributed by atoms with Crippen LogP contribution in [0.15, 0.2) is 0 Å². The Morgan fingerprint density at radius 1 is 1.38 bits per heavy atom. The van der Waals surface area contributed by atoms with Gasteiger partial charge in [0, 0.05) is 24.9 Å². The second-order valence-electron chi connectivity index (χ2n) is 4.15. The zero-order chi connectivity index (χ0) is 11.9. The third kappa shape index (κ3) is 1.94. The van der Waals surface area contributed by atoms with Gasteiger partial charge < -0.3 is 5.73 Å². The van der Waals surface area contributed by atoms with Crippen molar-refractivity contribution in [3.05, 3.63) is 0 Å². The second kappa shape index (κ2) is 4.17. The minimum absolute atomic E-state index is 0.101. The van der Waals surface area contributed by atoms with Crippen molar-refractivity contribution >= 4 is 28.7 Å². The van der Waals surface area contributed by atoms with E-state index in [0.717, 1.165) is 0 Å². The molecule has 1 unspecified atom stereocenters. The fourth-order valence-electron chi connectivity index (χ4n) is 2.05. The van der Waals surface area contributed by atoms with Crippen molar-refractivity contribution in [2.24, 2.45) is 5.73 Å². The molecule has 1 atom stereocenters. The van der Waals surface area contributed by atoms with Gasteiger partial charge in [-0.05, 0) is 12.8 Å². The maximum absolute atomic E-state index is 12.1. The van der Waals surface area contributed by atoms with Crippen molar-refractivity contribution in [2.45, 2.75) is 24.1 Å². The number of carbonyl (C=O) groups excluding carboxylic acids is 1. The van der Waals surface area contributed by atoms with Crippen molar-refractivity contribution in [3.8, 4) is 0 Å². The summed E-state index contributed by atoms with van der Waals surface area (Å²) in [5.41, 5.74) is 5.19. The first kappa shape index (κ1) is 12.2. The number of hydrogen-bond donors (Lipinski definition) is 2. The number of primary amides is 1. The third-order valence-electron chi connectivity index (χ3n) is 2.98. The molecule has 2 aliphatic heterocycles. The molecule has 16 heavy (non-hydrogen) atoms. The van der Waals surface area contributed by atoms with Crippen LogP contribution in [0.5, 0.6) is 0 Å².